The van der Waals surface area contributed by atoms with E-state index in [1.165, 1.54) is 44.9 Å². The Labute approximate surface area is 182 Å². The molecule has 0 saturated heterocycles. The second-order valence-corrected chi connectivity index (χ2v) is 8.03. The molecule has 0 radical (unpaired) electrons. The number of hydrogen-bond donors (Lipinski definition) is 0. The van der Waals surface area contributed by atoms with E-state index < -0.39 is 0 Å². The molecule has 0 amide bonds. The third kappa shape index (κ3) is 11.2. The molecule has 1 atom stereocenters. The SMILES string of the molecule is CCCCCCCCCC[C@H](CC(=O)OCc1ccccc1)OCc1ccccc1. The number of unbranched alkanes of at least 4 members (excludes halogenated alkanes) is 7. The van der Waals surface area contributed by atoms with Gasteiger partial charge in [-0.25, -0.2) is 0 Å². The van der Waals surface area contributed by atoms with Gasteiger partial charge in [0.05, 0.1) is 19.1 Å². The quantitative estimate of drug-likeness (QED) is 0.216. The van der Waals surface area contributed by atoms with Gasteiger partial charge in [-0.3, -0.25) is 4.79 Å². The molecule has 2 aromatic rings. The maximum absolute atomic E-state index is 12.4. The Bertz CT molecular complexity index is 669. The smallest absolute Gasteiger partial charge is 0.308 e. The van der Waals surface area contributed by atoms with Crippen LogP contribution in [-0.4, -0.2) is 12.1 Å². The van der Waals surface area contributed by atoms with Crippen molar-refractivity contribution in [3.8, 4) is 0 Å². The molecule has 0 aliphatic rings. The summed E-state index contributed by atoms with van der Waals surface area (Å²) in [5, 5.41) is 0. The Balaban J connectivity index is 1.72. The minimum Gasteiger partial charge on any atom is -0.461 e. The van der Waals surface area contributed by atoms with Gasteiger partial charge in [0, 0.05) is 0 Å². The van der Waals surface area contributed by atoms with Crippen molar-refractivity contribution in [1.82, 2.24) is 0 Å². The summed E-state index contributed by atoms with van der Waals surface area (Å²) >= 11 is 0. The fourth-order valence-corrected chi connectivity index (χ4v) is 3.52. The van der Waals surface area contributed by atoms with Crippen LogP contribution in [0.3, 0.4) is 0 Å². The van der Waals surface area contributed by atoms with Crippen LogP contribution in [-0.2, 0) is 27.5 Å². The Morgan fingerprint density at radius 3 is 1.87 bits per heavy atom. The molecule has 2 aromatic carbocycles. The van der Waals surface area contributed by atoms with Crippen molar-refractivity contribution in [2.24, 2.45) is 0 Å². The normalized spacial score (nSPS) is 11.9. The predicted molar refractivity (Wildman–Crippen MR) is 123 cm³/mol. The van der Waals surface area contributed by atoms with Gasteiger partial charge >= 0.3 is 5.97 Å². The molecule has 0 N–H and O–H groups in total. The summed E-state index contributed by atoms with van der Waals surface area (Å²) in [5.74, 6) is -0.184. The monoisotopic (exact) mass is 410 g/mol. The maximum atomic E-state index is 12.4. The van der Waals surface area contributed by atoms with Crippen LogP contribution in [0.5, 0.6) is 0 Å². The van der Waals surface area contributed by atoms with Crippen LogP contribution in [0, 0.1) is 0 Å². The number of ether oxygens (including phenoxy) is 2. The van der Waals surface area contributed by atoms with E-state index in [2.05, 4.69) is 19.1 Å². The molecule has 0 bridgehead atoms. The van der Waals surface area contributed by atoms with Gasteiger partial charge in [-0.15, -0.1) is 0 Å². The van der Waals surface area contributed by atoms with E-state index >= 15 is 0 Å². The van der Waals surface area contributed by atoms with Gasteiger partial charge in [-0.2, -0.15) is 0 Å². The summed E-state index contributed by atoms with van der Waals surface area (Å²) in [5.41, 5.74) is 2.15. The summed E-state index contributed by atoms with van der Waals surface area (Å²) in [6.07, 6.45) is 11.4. The molecule has 0 aromatic heterocycles. The fourth-order valence-electron chi connectivity index (χ4n) is 3.52. The zero-order chi connectivity index (χ0) is 21.3. The highest BCUT2D eigenvalue weighted by Gasteiger charge is 2.16. The van der Waals surface area contributed by atoms with Crippen LogP contribution in [0.15, 0.2) is 60.7 Å². The van der Waals surface area contributed by atoms with Crippen molar-refractivity contribution in [3.05, 3.63) is 71.8 Å². The second-order valence-electron chi connectivity index (χ2n) is 8.03. The minimum absolute atomic E-state index is 0.0893. The highest BCUT2D eigenvalue weighted by atomic mass is 16.5. The summed E-state index contributed by atoms with van der Waals surface area (Å²) in [4.78, 5) is 12.4. The summed E-state index contributed by atoms with van der Waals surface area (Å²) in [6, 6.07) is 20.0. The Kier molecular flexibility index (Phi) is 12.6. The van der Waals surface area contributed by atoms with Crippen molar-refractivity contribution in [1.29, 1.82) is 0 Å². The van der Waals surface area contributed by atoms with Crippen LogP contribution in [0.1, 0.15) is 82.3 Å². The number of benzene rings is 2. The van der Waals surface area contributed by atoms with Crippen molar-refractivity contribution >= 4 is 5.97 Å². The van der Waals surface area contributed by atoms with E-state index in [0.29, 0.717) is 19.6 Å². The number of carbonyl (C=O) groups excluding carboxylic acids is 1. The predicted octanol–water partition coefficient (Wildman–Crippen LogP) is 7.24. The van der Waals surface area contributed by atoms with Crippen LogP contribution in [0.25, 0.3) is 0 Å². The highest BCUT2D eigenvalue weighted by molar-refractivity contribution is 5.70. The zero-order valence-corrected chi connectivity index (χ0v) is 18.6. The summed E-state index contributed by atoms with van der Waals surface area (Å²) in [6.45, 7) is 3.11. The lowest BCUT2D eigenvalue weighted by Gasteiger charge is -2.18. The van der Waals surface area contributed by atoms with Crippen LogP contribution >= 0.6 is 0 Å². The molecule has 30 heavy (non-hydrogen) atoms. The lowest BCUT2D eigenvalue weighted by atomic mass is 10.0. The van der Waals surface area contributed by atoms with E-state index in [4.69, 9.17) is 9.47 Å². The Hall–Kier alpha value is -2.13. The van der Waals surface area contributed by atoms with E-state index in [-0.39, 0.29) is 12.1 Å². The van der Waals surface area contributed by atoms with Gasteiger partial charge in [0.25, 0.3) is 0 Å². The molecular formula is C27H38O3. The van der Waals surface area contributed by atoms with E-state index in [9.17, 15) is 4.79 Å². The summed E-state index contributed by atoms with van der Waals surface area (Å²) in [7, 11) is 0. The third-order valence-electron chi connectivity index (χ3n) is 5.35. The van der Waals surface area contributed by atoms with Crippen molar-refractivity contribution in [2.75, 3.05) is 0 Å². The highest BCUT2D eigenvalue weighted by Crippen LogP contribution is 2.16. The van der Waals surface area contributed by atoms with Crippen molar-refractivity contribution in [3.63, 3.8) is 0 Å². The number of hydrogen-bond acceptors (Lipinski definition) is 3. The molecular weight excluding hydrogens is 372 g/mol. The molecule has 0 spiro atoms. The third-order valence-corrected chi connectivity index (χ3v) is 5.35. The van der Waals surface area contributed by atoms with Crippen molar-refractivity contribution < 1.29 is 14.3 Å². The molecule has 0 fully saturated rings. The van der Waals surface area contributed by atoms with E-state index in [1.807, 2.05) is 48.5 Å². The first kappa shape index (κ1) is 24.1. The van der Waals surface area contributed by atoms with Gasteiger partial charge in [-0.05, 0) is 17.5 Å². The lowest BCUT2D eigenvalue weighted by Crippen LogP contribution is -2.19. The first-order valence-corrected chi connectivity index (χ1v) is 11.6. The number of esters is 1. The van der Waals surface area contributed by atoms with Crippen molar-refractivity contribution in [2.45, 2.75) is 90.4 Å². The van der Waals surface area contributed by atoms with E-state index in [1.54, 1.807) is 0 Å². The number of rotatable bonds is 16. The van der Waals surface area contributed by atoms with Crippen LogP contribution in [0.2, 0.25) is 0 Å². The molecule has 3 nitrogen and oxygen atoms in total. The fraction of sp³-hybridized carbons (Fsp3) is 0.519. The standard InChI is InChI=1S/C27H38O3/c1-2-3-4-5-6-7-8-15-20-26(29-22-24-16-11-9-12-17-24)21-27(28)30-23-25-18-13-10-14-19-25/h9-14,16-19,26H,2-8,15,20-23H2,1H3/t26-/m1/s1. The van der Waals surface area contributed by atoms with Gasteiger partial charge < -0.3 is 9.47 Å². The molecule has 0 unspecified atom stereocenters. The van der Waals surface area contributed by atoms with Crippen LogP contribution < -0.4 is 0 Å². The molecule has 0 aliphatic heterocycles. The van der Waals surface area contributed by atoms with Gasteiger partial charge in [0.1, 0.15) is 6.61 Å². The average Bonchev–Trinajstić information content (AvgIpc) is 2.79. The molecule has 0 aliphatic carbocycles. The topological polar surface area (TPSA) is 35.5 Å². The first-order valence-electron chi connectivity index (χ1n) is 11.6. The average molecular weight is 411 g/mol. The minimum atomic E-state index is -0.184. The maximum Gasteiger partial charge on any atom is 0.308 e. The van der Waals surface area contributed by atoms with Gasteiger partial charge in [-0.1, -0.05) is 119 Å². The summed E-state index contributed by atoms with van der Waals surface area (Å²) < 4.78 is 11.6. The molecule has 3 heteroatoms. The molecule has 164 valence electrons. The van der Waals surface area contributed by atoms with Crippen LogP contribution in [0.4, 0.5) is 0 Å². The lowest BCUT2D eigenvalue weighted by molar-refractivity contribution is -0.148. The van der Waals surface area contributed by atoms with Gasteiger partial charge in [0.2, 0.25) is 0 Å². The Morgan fingerprint density at radius 2 is 1.27 bits per heavy atom. The first-order chi connectivity index (χ1) is 14.8. The molecule has 0 heterocycles. The Morgan fingerprint density at radius 1 is 0.733 bits per heavy atom. The number of carbonyl (C=O) groups is 1. The zero-order valence-electron chi connectivity index (χ0n) is 18.6. The van der Waals surface area contributed by atoms with Gasteiger partial charge in [0.15, 0.2) is 0 Å². The molecule has 2 rings (SSSR count). The second kappa shape index (κ2) is 15.7. The van der Waals surface area contributed by atoms with E-state index in [0.717, 1.165) is 24.0 Å². The molecule has 0 saturated carbocycles. The largest absolute Gasteiger partial charge is 0.461 e.